The molecule has 1 heterocycles. The van der Waals surface area contributed by atoms with E-state index in [1.54, 1.807) is 36.1 Å². The monoisotopic (exact) mass is 312 g/mol. The summed E-state index contributed by atoms with van der Waals surface area (Å²) in [6, 6.07) is 6.55. The van der Waals surface area contributed by atoms with Gasteiger partial charge in [-0.05, 0) is 36.8 Å². The van der Waals surface area contributed by atoms with E-state index >= 15 is 0 Å². The van der Waals surface area contributed by atoms with E-state index in [4.69, 9.17) is 12.2 Å². The Kier molecular flexibility index (Phi) is 4.69. The molecule has 21 heavy (non-hydrogen) atoms. The van der Waals surface area contributed by atoms with Gasteiger partial charge in [0, 0.05) is 19.3 Å². The number of hydrogen-bond acceptors (Lipinski definition) is 3. The first-order valence-electron chi connectivity index (χ1n) is 6.07. The molecule has 0 saturated heterocycles. The number of anilines is 2. The van der Waals surface area contributed by atoms with Gasteiger partial charge in [-0.2, -0.15) is 13.9 Å². The largest absolute Gasteiger partial charge is 0.433 e. The lowest BCUT2D eigenvalue weighted by molar-refractivity contribution is -0.0493. The standard InChI is InChI=1S/C13H14F2N4OS/c1-8-3-4-10(20-12(14)15)9(7-8)16-13(21)17-11-5-6-19(2)18-11/h3-7,12H,1-2H3,(H2,16,17,18,21). The van der Waals surface area contributed by atoms with Crippen LogP contribution >= 0.6 is 12.2 Å². The second kappa shape index (κ2) is 6.49. The summed E-state index contributed by atoms with van der Waals surface area (Å²) in [5.41, 5.74) is 1.25. The first-order chi connectivity index (χ1) is 9.94. The fourth-order valence-electron chi connectivity index (χ4n) is 1.69. The smallest absolute Gasteiger partial charge is 0.387 e. The number of hydrogen-bond donors (Lipinski definition) is 2. The SMILES string of the molecule is Cc1ccc(OC(F)F)c(NC(=S)Nc2ccn(C)n2)c1. The van der Waals surface area contributed by atoms with Crippen molar-refractivity contribution in [2.45, 2.75) is 13.5 Å². The van der Waals surface area contributed by atoms with Gasteiger partial charge in [-0.15, -0.1) is 0 Å². The molecule has 0 saturated carbocycles. The lowest BCUT2D eigenvalue weighted by Crippen LogP contribution is -2.20. The van der Waals surface area contributed by atoms with Gasteiger partial charge in [0.05, 0.1) is 5.69 Å². The van der Waals surface area contributed by atoms with E-state index < -0.39 is 6.61 Å². The first-order valence-corrected chi connectivity index (χ1v) is 6.48. The maximum Gasteiger partial charge on any atom is 0.387 e. The number of aryl methyl sites for hydroxylation is 2. The van der Waals surface area contributed by atoms with Gasteiger partial charge in [0.15, 0.2) is 10.9 Å². The minimum Gasteiger partial charge on any atom is -0.433 e. The molecule has 0 aliphatic carbocycles. The molecule has 0 aliphatic heterocycles. The fourth-order valence-corrected chi connectivity index (χ4v) is 1.91. The van der Waals surface area contributed by atoms with Crippen molar-refractivity contribution >= 4 is 28.8 Å². The van der Waals surface area contributed by atoms with Gasteiger partial charge in [-0.3, -0.25) is 4.68 Å². The fraction of sp³-hybridized carbons (Fsp3) is 0.231. The third-order valence-electron chi connectivity index (χ3n) is 2.55. The number of rotatable bonds is 4. The molecule has 0 aliphatic rings. The van der Waals surface area contributed by atoms with Crippen LogP contribution in [0.1, 0.15) is 5.56 Å². The Bertz CT molecular complexity index is 645. The lowest BCUT2D eigenvalue weighted by atomic mass is 10.2. The van der Waals surface area contributed by atoms with Crippen LogP contribution in [0.2, 0.25) is 0 Å². The van der Waals surface area contributed by atoms with Crippen molar-refractivity contribution in [2.24, 2.45) is 7.05 Å². The predicted octanol–water partition coefficient (Wildman–Crippen LogP) is 3.14. The Morgan fingerprint density at radius 1 is 1.33 bits per heavy atom. The second-order valence-electron chi connectivity index (χ2n) is 4.33. The number of alkyl halides is 2. The van der Waals surface area contributed by atoms with E-state index in [1.165, 1.54) is 6.07 Å². The molecule has 2 N–H and O–H groups in total. The number of nitrogens with one attached hydrogen (secondary N) is 2. The maximum absolute atomic E-state index is 12.4. The van der Waals surface area contributed by atoms with Crippen LogP contribution in [0.5, 0.6) is 5.75 Å². The van der Waals surface area contributed by atoms with Crippen LogP contribution in [0.4, 0.5) is 20.3 Å². The number of nitrogens with zero attached hydrogens (tertiary/aromatic N) is 2. The Balaban J connectivity index is 2.10. The van der Waals surface area contributed by atoms with Crippen LogP contribution in [0.15, 0.2) is 30.5 Å². The van der Waals surface area contributed by atoms with Crippen molar-refractivity contribution in [1.82, 2.24) is 9.78 Å². The van der Waals surface area contributed by atoms with E-state index in [0.717, 1.165) is 5.56 Å². The summed E-state index contributed by atoms with van der Waals surface area (Å²) >= 11 is 5.13. The van der Waals surface area contributed by atoms with Crippen molar-refractivity contribution in [2.75, 3.05) is 10.6 Å². The van der Waals surface area contributed by atoms with Gasteiger partial charge < -0.3 is 15.4 Å². The number of ether oxygens (including phenoxy) is 1. The van der Waals surface area contributed by atoms with Crippen molar-refractivity contribution in [3.8, 4) is 5.75 Å². The molecule has 1 aromatic heterocycles. The molecule has 0 amide bonds. The number of halogens is 2. The molecule has 0 spiro atoms. The first kappa shape index (κ1) is 15.2. The third kappa shape index (κ3) is 4.38. The number of benzene rings is 1. The molecule has 0 fully saturated rings. The van der Waals surface area contributed by atoms with Crippen molar-refractivity contribution in [3.05, 3.63) is 36.0 Å². The summed E-state index contributed by atoms with van der Waals surface area (Å²) in [6.07, 6.45) is 1.75. The predicted molar refractivity (Wildman–Crippen MR) is 80.9 cm³/mol. The zero-order chi connectivity index (χ0) is 15.4. The van der Waals surface area contributed by atoms with E-state index in [2.05, 4.69) is 20.5 Å². The highest BCUT2D eigenvalue weighted by Gasteiger charge is 2.11. The van der Waals surface area contributed by atoms with Crippen LogP contribution < -0.4 is 15.4 Å². The molecule has 0 radical (unpaired) electrons. The zero-order valence-electron chi connectivity index (χ0n) is 11.4. The molecular formula is C13H14F2N4OS. The summed E-state index contributed by atoms with van der Waals surface area (Å²) in [6.45, 7) is -1.06. The Hall–Kier alpha value is -2.22. The molecule has 2 rings (SSSR count). The van der Waals surface area contributed by atoms with Gasteiger partial charge >= 0.3 is 6.61 Å². The topological polar surface area (TPSA) is 51.1 Å². The summed E-state index contributed by atoms with van der Waals surface area (Å²) in [7, 11) is 1.77. The summed E-state index contributed by atoms with van der Waals surface area (Å²) in [4.78, 5) is 0. The van der Waals surface area contributed by atoms with Crippen LogP contribution in [-0.4, -0.2) is 21.5 Å². The molecule has 0 bridgehead atoms. The minimum absolute atomic E-state index is 0.0285. The molecule has 0 unspecified atom stereocenters. The van der Waals surface area contributed by atoms with Gasteiger partial charge in [-0.25, -0.2) is 0 Å². The van der Waals surface area contributed by atoms with E-state index in [9.17, 15) is 8.78 Å². The van der Waals surface area contributed by atoms with Gasteiger partial charge in [0.25, 0.3) is 0 Å². The van der Waals surface area contributed by atoms with Gasteiger partial charge in [0.2, 0.25) is 0 Å². The van der Waals surface area contributed by atoms with E-state index in [1.807, 2.05) is 6.92 Å². The Morgan fingerprint density at radius 2 is 2.10 bits per heavy atom. The van der Waals surface area contributed by atoms with Gasteiger partial charge in [0.1, 0.15) is 5.75 Å². The average molecular weight is 312 g/mol. The minimum atomic E-state index is -2.90. The van der Waals surface area contributed by atoms with E-state index in [0.29, 0.717) is 11.5 Å². The quantitative estimate of drug-likeness (QED) is 0.850. The van der Waals surface area contributed by atoms with Crippen LogP contribution in [0.3, 0.4) is 0 Å². The summed E-state index contributed by atoms with van der Waals surface area (Å²) < 4.78 is 30.8. The zero-order valence-corrected chi connectivity index (χ0v) is 12.2. The highest BCUT2D eigenvalue weighted by atomic mass is 32.1. The summed E-state index contributed by atoms with van der Waals surface area (Å²) in [5, 5.41) is 10.0. The Morgan fingerprint density at radius 3 is 2.71 bits per heavy atom. The van der Waals surface area contributed by atoms with Crippen molar-refractivity contribution in [1.29, 1.82) is 0 Å². The highest BCUT2D eigenvalue weighted by molar-refractivity contribution is 7.80. The molecular weight excluding hydrogens is 298 g/mol. The molecule has 1 aromatic carbocycles. The number of thiocarbonyl (C=S) groups is 1. The molecule has 8 heteroatoms. The summed E-state index contributed by atoms with van der Waals surface area (Å²) in [5.74, 6) is 0.583. The maximum atomic E-state index is 12.4. The molecule has 0 atom stereocenters. The second-order valence-corrected chi connectivity index (χ2v) is 4.74. The number of aromatic nitrogens is 2. The molecule has 5 nitrogen and oxygen atoms in total. The van der Waals surface area contributed by atoms with Crippen molar-refractivity contribution in [3.63, 3.8) is 0 Å². The van der Waals surface area contributed by atoms with Crippen LogP contribution in [0.25, 0.3) is 0 Å². The van der Waals surface area contributed by atoms with E-state index in [-0.39, 0.29) is 10.9 Å². The van der Waals surface area contributed by atoms with Crippen LogP contribution in [0, 0.1) is 6.92 Å². The van der Waals surface area contributed by atoms with Crippen LogP contribution in [-0.2, 0) is 7.05 Å². The third-order valence-corrected chi connectivity index (χ3v) is 2.76. The van der Waals surface area contributed by atoms with Crippen molar-refractivity contribution < 1.29 is 13.5 Å². The van der Waals surface area contributed by atoms with Gasteiger partial charge in [-0.1, -0.05) is 6.07 Å². The lowest BCUT2D eigenvalue weighted by Gasteiger charge is -2.14. The molecule has 2 aromatic rings. The Labute approximate surface area is 125 Å². The normalized spacial score (nSPS) is 10.5. The highest BCUT2D eigenvalue weighted by Crippen LogP contribution is 2.27. The molecule has 112 valence electrons. The average Bonchev–Trinajstić information content (AvgIpc) is 2.77.